The topological polar surface area (TPSA) is 66.5 Å². The number of sulfonamides is 1. The zero-order valence-electron chi connectivity index (χ0n) is 15.8. The van der Waals surface area contributed by atoms with Crippen molar-refractivity contribution in [1.82, 2.24) is 4.31 Å². The SMILES string of the molecule is CCN(CC)S(=O)(=O)c1ccc(NC(=O)c2sc3cccc(F)c3c2C)cc1. The van der Waals surface area contributed by atoms with Gasteiger partial charge >= 0.3 is 0 Å². The Morgan fingerprint density at radius 2 is 1.75 bits per heavy atom. The van der Waals surface area contributed by atoms with Crippen LogP contribution in [-0.2, 0) is 10.0 Å². The molecule has 0 radical (unpaired) electrons. The number of benzene rings is 2. The predicted molar refractivity (Wildman–Crippen MR) is 111 cm³/mol. The predicted octanol–water partition coefficient (Wildman–Crippen LogP) is 4.63. The van der Waals surface area contributed by atoms with E-state index >= 15 is 0 Å². The Morgan fingerprint density at radius 3 is 2.32 bits per heavy atom. The van der Waals surface area contributed by atoms with Gasteiger partial charge in [-0.3, -0.25) is 4.79 Å². The van der Waals surface area contributed by atoms with E-state index in [1.165, 1.54) is 33.8 Å². The van der Waals surface area contributed by atoms with Crippen LogP contribution in [0.25, 0.3) is 10.1 Å². The lowest BCUT2D eigenvalue weighted by Gasteiger charge is -2.18. The maximum Gasteiger partial charge on any atom is 0.266 e. The Balaban J connectivity index is 1.84. The van der Waals surface area contributed by atoms with Crippen molar-refractivity contribution in [3.05, 3.63) is 58.7 Å². The summed E-state index contributed by atoms with van der Waals surface area (Å²) in [4.78, 5) is 13.3. The third kappa shape index (κ3) is 3.67. The van der Waals surface area contributed by atoms with Gasteiger partial charge in [0, 0.05) is 28.9 Å². The van der Waals surface area contributed by atoms with Crippen LogP contribution in [0.5, 0.6) is 0 Å². The quantitative estimate of drug-likeness (QED) is 0.632. The van der Waals surface area contributed by atoms with Crippen molar-refractivity contribution in [3.63, 3.8) is 0 Å². The number of fused-ring (bicyclic) bond motifs is 1. The lowest BCUT2D eigenvalue weighted by atomic mass is 10.1. The molecule has 0 aliphatic carbocycles. The molecule has 28 heavy (non-hydrogen) atoms. The number of halogens is 1. The van der Waals surface area contributed by atoms with Crippen molar-refractivity contribution in [2.24, 2.45) is 0 Å². The summed E-state index contributed by atoms with van der Waals surface area (Å²) < 4.78 is 41.2. The first-order valence-corrected chi connectivity index (χ1v) is 11.1. The molecule has 0 saturated carbocycles. The van der Waals surface area contributed by atoms with Gasteiger partial charge in [-0.25, -0.2) is 12.8 Å². The van der Waals surface area contributed by atoms with E-state index in [2.05, 4.69) is 5.32 Å². The minimum Gasteiger partial charge on any atom is -0.321 e. The number of nitrogens with one attached hydrogen (secondary N) is 1. The second-order valence-corrected chi connectivity index (χ2v) is 9.23. The number of carbonyl (C=O) groups excluding carboxylic acids is 1. The van der Waals surface area contributed by atoms with Gasteiger partial charge in [-0.1, -0.05) is 19.9 Å². The highest BCUT2D eigenvalue weighted by molar-refractivity contribution is 7.89. The van der Waals surface area contributed by atoms with Crippen molar-refractivity contribution < 1.29 is 17.6 Å². The van der Waals surface area contributed by atoms with E-state index in [1.807, 2.05) is 0 Å². The van der Waals surface area contributed by atoms with Crippen LogP contribution in [0.3, 0.4) is 0 Å². The molecule has 3 rings (SSSR count). The fourth-order valence-corrected chi connectivity index (χ4v) is 5.66. The van der Waals surface area contributed by atoms with Crippen LogP contribution >= 0.6 is 11.3 Å². The van der Waals surface area contributed by atoms with Crippen LogP contribution in [-0.4, -0.2) is 31.7 Å². The first-order chi connectivity index (χ1) is 13.3. The van der Waals surface area contributed by atoms with Crippen molar-refractivity contribution in [2.45, 2.75) is 25.7 Å². The summed E-state index contributed by atoms with van der Waals surface area (Å²) in [5.41, 5.74) is 1.07. The Bertz CT molecular complexity index is 1120. The maximum absolute atomic E-state index is 14.0. The largest absolute Gasteiger partial charge is 0.321 e. The molecule has 1 aromatic heterocycles. The molecule has 0 aliphatic heterocycles. The van der Waals surface area contributed by atoms with Gasteiger partial charge in [-0.05, 0) is 48.9 Å². The third-order valence-electron chi connectivity index (χ3n) is 4.56. The molecule has 1 N–H and O–H groups in total. The van der Waals surface area contributed by atoms with E-state index in [0.29, 0.717) is 39.3 Å². The third-order valence-corrected chi connectivity index (χ3v) is 7.88. The van der Waals surface area contributed by atoms with Gasteiger partial charge in [-0.15, -0.1) is 11.3 Å². The van der Waals surface area contributed by atoms with Gasteiger partial charge in [0.2, 0.25) is 10.0 Å². The van der Waals surface area contributed by atoms with Crippen LogP contribution < -0.4 is 5.32 Å². The number of nitrogens with zero attached hydrogens (tertiary/aromatic N) is 1. The summed E-state index contributed by atoms with van der Waals surface area (Å²) in [5, 5.41) is 3.21. The minimum atomic E-state index is -3.55. The average Bonchev–Trinajstić information content (AvgIpc) is 3.01. The van der Waals surface area contributed by atoms with Gasteiger partial charge in [0.1, 0.15) is 5.82 Å². The van der Waals surface area contributed by atoms with Crippen molar-refractivity contribution >= 4 is 43.0 Å². The number of aryl methyl sites for hydroxylation is 1. The van der Waals surface area contributed by atoms with Gasteiger partial charge in [-0.2, -0.15) is 4.31 Å². The molecular formula is C20H21FN2O3S2. The van der Waals surface area contributed by atoms with E-state index in [1.54, 1.807) is 45.0 Å². The molecule has 2 aromatic carbocycles. The molecule has 0 unspecified atom stereocenters. The summed E-state index contributed by atoms with van der Waals surface area (Å²) >= 11 is 1.23. The molecule has 148 valence electrons. The van der Waals surface area contributed by atoms with E-state index in [0.717, 1.165) is 0 Å². The maximum atomic E-state index is 14.0. The average molecular weight is 421 g/mol. The summed E-state index contributed by atoms with van der Waals surface area (Å²) in [6, 6.07) is 10.8. The molecule has 0 aliphatic rings. The number of hydrogen-bond acceptors (Lipinski definition) is 4. The van der Waals surface area contributed by atoms with E-state index in [9.17, 15) is 17.6 Å². The monoisotopic (exact) mass is 420 g/mol. The van der Waals surface area contributed by atoms with Crippen LogP contribution in [0.15, 0.2) is 47.4 Å². The van der Waals surface area contributed by atoms with E-state index < -0.39 is 10.0 Å². The molecule has 0 bridgehead atoms. The summed E-state index contributed by atoms with van der Waals surface area (Å²) in [5.74, 6) is -0.700. The van der Waals surface area contributed by atoms with Crippen LogP contribution in [0.2, 0.25) is 0 Å². The molecule has 0 saturated heterocycles. The smallest absolute Gasteiger partial charge is 0.266 e. The second-order valence-electron chi connectivity index (χ2n) is 6.24. The van der Waals surface area contributed by atoms with E-state index in [-0.39, 0.29) is 16.6 Å². The Kier molecular flexibility index (Phi) is 5.83. The number of rotatable bonds is 6. The number of hydrogen-bond donors (Lipinski definition) is 1. The van der Waals surface area contributed by atoms with Gasteiger partial charge in [0.25, 0.3) is 5.91 Å². The fraction of sp³-hybridized carbons (Fsp3) is 0.250. The van der Waals surface area contributed by atoms with Crippen molar-refractivity contribution in [1.29, 1.82) is 0 Å². The Labute approximate surface area is 167 Å². The molecule has 8 heteroatoms. The molecular weight excluding hydrogens is 399 g/mol. The van der Waals surface area contributed by atoms with Crippen molar-refractivity contribution in [2.75, 3.05) is 18.4 Å². The zero-order chi connectivity index (χ0) is 20.5. The summed E-state index contributed by atoms with van der Waals surface area (Å²) in [7, 11) is -3.55. The van der Waals surface area contributed by atoms with Crippen LogP contribution in [0.1, 0.15) is 29.1 Å². The lowest BCUT2D eigenvalue weighted by Crippen LogP contribution is -2.30. The molecule has 0 fully saturated rings. The Morgan fingerprint density at radius 1 is 1.11 bits per heavy atom. The molecule has 0 spiro atoms. The molecule has 0 atom stereocenters. The highest BCUT2D eigenvalue weighted by Gasteiger charge is 2.22. The van der Waals surface area contributed by atoms with Crippen molar-refractivity contribution in [3.8, 4) is 0 Å². The minimum absolute atomic E-state index is 0.175. The normalized spacial score (nSPS) is 11.9. The van der Waals surface area contributed by atoms with Crippen LogP contribution in [0.4, 0.5) is 10.1 Å². The van der Waals surface area contributed by atoms with Gasteiger partial charge in [0.05, 0.1) is 9.77 Å². The lowest BCUT2D eigenvalue weighted by molar-refractivity contribution is 0.103. The summed E-state index contributed by atoms with van der Waals surface area (Å²) in [6.07, 6.45) is 0. The first-order valence-electron chi connectivity index (χ1n) is 8.88. The zero-order valence-corrected chi connectivity index (χ0v) is 17.5. The standard InChI is InChI=1S/C20H21FN2O3S2/c1-4-23(5-2)28(25,26)15-11-9-14(10-12-15)22-20(24)19-13(3)18-16(21)7-6-8-17(18)27-19/h6-12H,4-5H2,1-3H3,(H,22,24). The highest BCUT2D eigenvalue weighted by Crippen LogP contribution is 2.33. The molecule has 1 amide bonds. The number of thiophene rings is 1. The van der Waals surface area contributed by atoms with E-state index in [4.69, 9.17) is 0 Å². The molecule has 5 nitrogen and oxygen atoms in total. The van der Waals surface area contributed by atoms with Gasteiger partial charge < -0.3 is 5.32 Å². The van der Waals surface area contributed by atoms with Crippen LogP contribution in [0, 0.1) is 12.7 Å². The first kappa shape index (κ1) is 20.4. The number of anilines is 1. The number of carbonyl (C=O) groups is 1. The molecule has 3 aromatic rings. The molecule has 1 heterocycles. The summed E-state index contributed by atoms with van der Waals surface area (Å²) in [6.45, 7) is 6.06. The second kappa shape index (κ2) is 7.98. The van der Waals surface area contributed by atoms with Gasteiger partial charge in [0.15, 0.2) is 0 Å². The highest BCUT2D eigenvalue weighted by atomic mass is 32.2. The Hall–Kier alpha value is -2.29. The number of amides is 1. The fourth-order valence-electron chi connectivity index (χ4n) is 3.08.